The molecule has 18 heavy (non-hydrogen) atoms. The van der Waals surface area contributed by atoms with E-state index in [9.17, 15) is 4.79 Å². The number of amides is 1. The predicted octanol–water partition coefficient (Wildman–Crippen LogP) is 0.851. The fraction of sp³-hybridized carbons (Fsp3) is 0.417. The Balaban J connectivity index is 2.91. The topological polar surface area (TPSA) is 82.8 Å². The second kappa shape index (κ2) is 6.70. The molecule has 0 bridgehead atoms. The summed E-state index contributed by atoms with van der Waals surface area (Å²) in [5, 5.41) is 0. The normalized spacial score (nSPS) is 11.6. The standard InChI is InChI=1S/C12H18N2O4/c1-4-11(12(15)14-13)18-10-6-8(16-2)5-9(7-10)17-3/h5-7,11H,4,13H2,1-3H3,(H,14,15). The highest BCUT2D eigenvalue weighted by atomic mass is 16.5. The van der Waals surface area contributed by atoms with Crippen molar-refractivity contribution in [3.05, 3.63) is 18.2 Å². The van der Waals surface area contributed by atoms with Gasteiger partial charge in [-0.25, -0.2) is 5.84 Å². The van der Waals surface area contributed by atoms with E-state index in [1.807, 2.05) is 6.92 Å². The van der Waals surface area contributed by atoms with E-state index in [1.54, 1.807) is 32.4 Å². The Labute approximate surface area is 106 Å². The molecule has 0 fully saturated rings. The lowest BCUT2D eigenvalue weighted by atomic mass is 10.2. The molecule has 0 spiro atoms. The van der Waals surface area contributed by atoms with Gasteiger partial charge in [0.15, 0.2) is 6.10 Å². The molecule has 3 N–H and O–H groups in total. The van der Waals surface area contributed by atoms with E-state index >= 15 is 0 Å². The molecule has 0 aliphatic rings. The van der Waals surface area contributed by atoms with E-state index < -0.39 is 6.10 Å². The summed E-state index contributed by atoms with van der Waals surface area (Å²) in [6.07, 6.45) is -0.144. The Morgan fingerprint density at radius 1 is 1.22 bits per heavy atom. The Morgan fingerprint density at radius 2 is 1.72 bits per heavy atom. The van der Waals surface area contributed by atoms with Gasteiger partial charge in [0.2, 0.25) is 0 Å². The number of carbonyl (C=O) groups excluding carboxylic acids is 1. The van der Waals surface area contributed by atoms with Crippen LogP contribution in [0.25, 0.3) is 0 Å². The molecule has 100 valence electrons. The van der Waals surface area contributed by atoms with Gasteiger partial charge in [-0.3, -0.25) is 10.2 Å². The molecule has 6 heteroatoms. The molecule has 1 amide bonds. The van der Waals surface area contributed by atoms with E-state index in [1.165, 1.54) is 0 Å². The van der Waals surface area contributed by atoms with E-state index in [2.05, 4.69) is 5.43 Å². The van der Waals surface area contributed by atoms with Crippen molar-refractivity contribution >= 4 is 5.91 Å². The zero-order chi connectivity index (χ0) is 13.5. The van der Waals surface area contributed by atoms with E-state index in [-0.39, 0.29) is 5.91 Å². The number of hydrogen-bond acceptors (Lipinski definition) is 5. The lowest BCUT2D eigenvalue weighted by Crippen LogP contribution is -2.41. The van der Waals surface area contributed by atoms with Crippen LogP contribution < -0.4 is 25.5 Å². The summed E-state index contributed by atoms with van der Waals surface area (Å²) in [5.74, 6) is 6.38. The second-order valence-corrected chi connectivity index (χ2v) is 3.57. The molecule has 0 saturated heterocycles. The Kier molecular flexibility index (Phi) is 5.26. The first-order valence-electron chi connectivity index (χ1n) is 5.54. The molecule has 1 rings (SSSR count). The Morgan fingerprint density at radius 3 is 2.11 bits per heavy atom. The molecular weight excluding hydrogens is 236 g/mol. The van der Waals surface area contributed by atoms with Crippen molar-refractivity contribution in [1.29, 1.82) is 0 Å². The minimum atomic E-state index is -0.646. The van der Waals surface area contributed by atoms with Crippen LogP contribution in [0.5, 0.6) is 17.2 Å². The second-order valence-electron chi connectivity index (χ2n) is 3.57. The first-order valence-corrected chi connectivity index (χ1v) is 5.54. The number of rotatable bonds is 6. The van der Waals surface area contributed by atoms with Gasteiger partial charge in [-0.05, 0) is 6.42 Å². The van der Waals surface area contributed by atoms with Crippen LogP contribution in [-0.2, 0) is 4.79 Å². The Bertz CT molecular complexity index is 387. The molecule has 0 saturated carbocycles. The highest BCUT2D eigenvalue weighted by Crippen LogP contribution is 2.28. The highest BCUT2D eigenvalue weighted by Gasteiger charge is 2.17. The number of carbonyl (C=O) groups is 1. The third-order valence-electron chi connectivity index (χ3n) is 2.41. The number of hydrazine groups is 1. The number of methoxy groups -OCH3 is 2. The van der Waals surface area contributed by atoms with Gasteiger partial charge in [0.05, 0.1) is 14.2 Å². The molecule has 0 radical (unpaired) electrons. The SMILES string of the molecule is CCC(Oc1cc(OC)cc(OC)c1)C(=O)NN. The van der Waals surface area contributed by atoms with Crippen molar-refractivity contribution in [2.24, 2.45) is 5.84 Å². The molecule has 1 unspecified atom stereocenters. The molecule has 0 aromatic heterocycles. The number of hydrogen-bond donors (Lipinski definition) is 2. The number of nitrogens with two attached hydrogens (primary N) is 1. The van der Waals surface area contributed by atoms with Gasteiger partial charge in [0.1, 0.15) is 17.2 Å². The lowest BCUT2D eigenvalue weighted by Gasteiger charge is -2.17. The summed E-state index contributed by atoms with van der Waals surface area (Å²) in [7, 11) is 3.09. The molecule has 0 heterocycles. The Hall–Kier alpha value is -1.95. The summed E-state index contributed by atoms with van der Waals surface area (Å²) in [6.45, 7) is 1.83. The number of benzene rings is 1. The lowest BCUT2D eigenvalue weighted by molar-refractivity contribution is -0.128. The largest absolute Gasteiger partial charge is 0.496 e. The van der Waals surface area contributed by atoms with E-state index in [0.29, 0.717) is 23.7 Å². The monoisotopic (exact) mass is 254 g/mol. The summed E-state index contributed by atoms with van der Waals surface area (Å²) in [5.41, 5.74) is 2.07. The van der Waals surface area contributed by atoms with Crippen LogP contribution in [0.3, 0.4) is 0 Å². The van der Waals surface area contributed by atoms with Gasteiger partial charge in [-0.1, -0.05) is 6.92 Å². The van der Waals surface area contributed by atoms with Crippen molar-refractivity contribution < 1.29 is 19.0 Å². The third-order valence-corrected chi connectivity index (χ3v) is 2.41. The van der Waals surface area contributed by atoms with Gasteiger partial charge in [-0.15, -0.1) is 0 Å². The molecule has 0 aliphatic carbocycles. The number of nitrogens with one attached hydrogen (secondary N) is 1. The van der Waals surface area contributed by atoms with E-state index in [4.69, 9.17) is 20.1 Å². The first kappa shape index (κ1) is 14.1. The fourth-order valence-electron chi connectivity index (χ4n) is 1.43. The van der Waals surface area contributed by atoms with Crippen molar-refractivity contribution in [2.75, 3.05) is 14.2 Å². The first-order chi connectivity index (χ1) is 8.64. The molecule has 0 aliphatic heterocycles. The summed E-state index contributed by atoms with van der Waals surface area (Å²) in [4.78, 5) is 11.4. The maximum Gasteiger partial charge on any atom is 0.274 e. The summed E-state index contributed by atoms with van der Waals surface area (Å²) >= 11 is 0. The van der Waals surface area contributed by atoms with Crippen LogP contribution in [0.2, 0.25) is 0 Å². The van der Waals surface area contributed by atoms with Crippen molar-refractivity contribution in [3.63, 3.8) is 0 Å². The maximum atomic E-state index is 11.4. The van der Waals surface area contributed by atoms with E-state index in [0.717, 1.165) is 0 Å². The van der Waals surface area contributed by atoms with Crippen LogP contribution in [0.1, 0.15) is 13.3 Å². The summed E-state index contributed by atoms with van der Waals surface area (Å²) < 4.78 is 15.8. The zero-order valence-electron chi connectivity index (χ0n) is 10.7. The molecular formula is C12H18N2O4. The van der Waals surface area contributed by atoms with Gasteiger partial charge in [0.25, 0.3) is 5.91 Å². The highest BCUT2D eigenvalue weighted by molar-refractivity contribution is 5.80. The van der Waals surface area contributed by atoms with Gasteiger partial charge in [-0.2, -0.15) is 0 Å². The average molecular weight is 254 g/mol. The van der Waals surface area contributed by atoms with Gasteiger partial charge < -0.3 is 14.2 Å². The van der Waals surface area contributed by atoms with Crippen LogP contribution in [0.4, 0.5) is 0 Å². The van der Waals surface area contributed by atoms with Crippen molar-refractivity contribution in [3.8, 4) is 17.2 Å². The molecule has 6 nitrogen and oxygen atoms in total. The van der Waals surface area contributed by atoms with Gasteiger partial charge in [0, 0.05) is 18.2 Å². The minimum absolute atomic E-state index is 0.376. The smallest absolute Gasteiger partial charge is 0.274 e. The van der Waals surface area contributed by atoms with Crippen LogP contribution in [-0.4, -0.2) is 26.2 Å². The van der Waals surface area contributed by atoms with Crippen LogP contribution >= 0.6 is 0 Å². The minimum Gasteiger partial charge on any atom is -0.496 e. The maximum absolute atomic E-state index is 11.4. The summed E-state index contributed by atoms with van der Waals surface area (Å²) in [6, 6.07) is 5.07. The predicted molar refractivity (Wildman–Crippen MR) is 66.6 cm³/mol. The fourth-order valence-corrected chi connectivity index (χ4v) is 1.43. The molecule has 1 atom stereocenters. The molecule has 1 aromatic carbocycles. The third kappa shape index (κ3) is 3.53. The van der Waals surface area contributed by atoms with Crippen molar-refractivity contribution in [2.45, 2.75) is 19.4 Å². The van der Waals surface area contributed by atoms with Gasteiger partial charge >= 0.3 is 0 Å². The quantitative estimate of drug-likeness (QED) is 0.447. The van der Waals surface area contributed by atoms with Crippen molar-refractivity contribution in [1.82, 2.24) is 5.43 Å². The van der Waals surface area contributed by atoms with Crippen LogP contribution in [0, 0.1) is 0 Å². The number of ether oxygens (including phenoxy) is 3. The molecule has 1 aromatic rings. The van der Waals surface area contributed by atoms with Crippen LogP contribution in [0.15, 0.2) is 18.2 Å². The zero-order valence-corrected chi connectivity index (χ0v) is 10.7. The average Bonchev–Trinajstić information content (AvgIpc) is 2.43.